The summed E-state index contributed by atoms with van der Waals surface area (Å²) in [5.41, 5.74) is 1.73. The predicted molar refractivity (Wildman–Crippen MR) is 115 cm³/mol. The summed E-state index contributed by atoms with van der Waals surface area (Å²) in [5.74, 6) is 0.833. The minimum atomic E-state index is -0.462. The Labute approximate surface area is 182 Å². The van der Waals surface area contributed by atoms with Gasteiger partial charge in [0.25, 0.3) is 5.56 Å². The number of rotatable bonds is 6. The topological polar surface area (TPSA) is 93.3 Å². The Morgan fingerprint density at radius 3 is 2.55 bits per heavy atom. The highest BCUT2D eigenvalue weighted by molar-refractivity contribution is 7.98. The van der Waals surface area contributed by atoms with E-state index in [-0.39, 0.29) is 29.5 Å². The number of hydrogen-bond acceptors (Lipinski definition) is 6. The number of nitrogens with zero attached hydrogens (tertiary/aromatic N) is 1. The first-order valence-electron chi connectivity index (χ1n) is 9.51. The molecule has 9 heteroatoms. The van der Waals surface area contributed by atoms with E-state index in [1.54, 1.807) is 31.4 Å². The summed E-state index contributed by atoms with van der Waals surface area (Å²) in [6.45, 7) is 0. The van der Waals surface area contributed by atoms with E-state index >= 15 is 0 Å². The Bertz CT molecular complexity index is 1180. The number of thioether (sulfide) groups is 1. The highest BCUT2D eigenvalue weighted by Gasteiger charge is 2.31. The van der Waals surface area contributed by atoms with Gasteiger partial charge in [0.05, 0.1) is 19.8 Å². The molecular weight excluding hydrogens is 421 g/mol. The van der Waals surface area contributed by atoms with E-state index in [1.807, 2.05) is 6.07 Å². The molecule has 1 aliphatic heterocycles. The average molecular weight is 441 g/mol. The fourth-order valence-corrected chi connectivity index (χ4v) is 4.32. The number of benzene rings is 2. The van der Waals surface area contributed by atoms with Crippen molar-refractivity contribution < 1.29 is 18.7 Å². The predicted octanol–water partition coefficient (Wildman–Crippen LogP) is 3.69. The normalized spacial score (nSPS) is 15.2. The molecule has 1 aliphatic rings. The Morgan fingerprint density at radius 2 is 1.84 bits per heavy atom. The zero-order valence-corrected chi connectivity index (χ0v) is 17.7. The number of ether oxygens (including phenoxy) is 2. The van der Waals surface area contributed by atoms with Crippen LogP contribution in [-0.4, -0.2) is 30.1 Å². The Balaban J connectivity index is 1.65. The molecule has 7 nitrogen and oxygen atoms in total. The Hall–Kier alpha value is -3.33. The zero-order chi connectivity index (χ0) is 22.0. The minimum Gasteiger partial charge on any atom is -0.493 e. The van der Waals surface area contributed by atoms with Gasteiger partial charge in [0, 0.05) is 18.1 Å². The van der Waals surface area contributed by atoms with Crippen molar-refractivity contribution in [1.82, 2.24) is 9.97 Å². The number of aromatic amines is 1. The number of amides is 1. The second-order valence-corrected chi connectivity index (χ2v) is 7.93. The summed E-state index contributed by atoms with van der Waals surface area (Å²) in [5, 5.41) is 3.08. The van der Waals surface area contributed by atoms with Crippen molar-refractivity contribution in [2.45, 2.75) is 23.2 Å². The molecule has 160 valence electrons. The monoisotopic (exact) mass is 441 g/mol. The van der Waals surface area contributed by atoms with Gasteiger partial charge in [-0.25, -0.2) is 9.37 Å². The van der Waals surface area contributed by atoms with E-state index in [0.717, 1.165) is 11.1 Å². The Morgan fingerprint density at radius 1 is 1.10 bits per heavy atom. The minimum absolute atomic E-state index is 0.120. The van der Waals surface area contributed by atoms with Gasteiger partial charge in [0.2, 0.25) is 5.91 Å². The first kappa shape index (κ1) is 20.9. The lowest BCUT2D eigenvalue weighted by Crippen LogP contribution is -2.31. The van der Waals surface area contributed by atoms with E-state index in [1.165, 1.54) is 31.0 Å². The number of methoxy groups -OCH3 is 2. The van der Waals surface area contributed by atoms with Gasteiger partial charge in [-0.05, 0) is 35.4 Å². The lowest BCUT2D eigenvalue weighted by molar-refractivity contribution is -0.116. The molecule has 0 aliphatic carbocycles. The lowest BCUT2D eigenvalue weighted by Gasteiger charge is -2.25. The van der Waals surface area contributed by atoms with Crippen molar-refractivity contribution in [3.05, 3.63) is 75.3 Å². The maximum Gasteiger partial charge on any atom is 0.257 e. The molecule has 4 rings (SSSR count). The van der Waals surface area contributed by atoms with Crippen LogP contribution in [0.25, 0.3) is 0 Å². The number of anilines is 1. The van der Waals surface area contributed by atoms with Crippen LogP contribution in [0.15, 0.2) is 52.4 Å². The van der Waals surface area contributed by atoms with Crippen LogP contribution in [0.1, 0.15) is 29.0 Å². The van der Waals surface area contributed by atoms with Gasteiger partial charge in [-0.1, -0.05) is 30.0 Å². The van der Waals surface area contributed by atoms with Gasteiger partial charge in [-0.15, -0.1) is 0 Å². The fourth-order valence-electron chi connectivity index (χ4n) is 3.51. The third kappa shape index (κ3) is 4.41. The number of halogens is 1. The van der Waals surface area contributed by atoms with Crippen LogP contribution in [-0.2, 0) is 10.5 Å². The van der Waals surface area contributed by atoms with Crippen molar-refractivity contribution in [3.8, 4) is 11.5 Å². The number of carbonyl (C=O) groups is 1. The summed E-state index contributed by atoms with van der Waals surface area (Å²) in [7, 11) is 3.07. The molecule has 1 amide bonds. The van der Waals surface area contributed by atoms with Gasteiger partial charge in [0.15, 0.2) is 16.7 Å². The summed E-state index contributed by atoms with van der Waals surface area (Å²) in [6.07, 6.45) is 0.120. The molecule has 0 bridgehead atoms. The molecule has 0 radical (unpaired) electrons. The molecule has 0 saturated heterocycles. The van der Waals surface area contributed by atoms with Crippen LogP contribution in [0.5, 0.6) is 11.5 Å². The van der Waals surface area contributed by atoms with Gasteiger partial charge in [-0.2, -0.15) is 0 Å². The molecular formula is C22H20FN3O4S. The number of fused-ring (bicyclic) bond motifs is 1. The SMILES string of the molecule is COc1ccc([C@@H]2CC(=O)Nc3nc(SCc4ccc(F)cc4)[nH]c(=O)c32)cc1OC. The lowest BCUT2D eigenvalue weighted by atomic mass is 9.86. The highest BCUT2D eigenvalue weighted by Crippen LogP contribution is 2.38. The number of carbonyl (C=O) groups excluding carboxylic acids is 1. The molecule has 1 aromatic heterocycles. The highest BCUT2D eigenvalue weighted by atomic mass is 32.2. The standard InChI is InChI=1S/C22H20FN3O4S/c1-29-16-8-5-13(9-17(16)30-2)15-10-18(27)24-20-19(15)21(28)26-22(25-20)31-11-12-3-6-14(23)7-4-12/h3-9,15H,10-11H2,1-2H3,(H2,24,25,26,27,28)/t15-/m0/s1. The van der Waals surface area contributed by atoms with Gasteiger partial charge >= 0.3 is 0 Å². The van der Waals surface area contributed by atoms with Crippen LogP contribution in [0, 0.1) is 5.82 Å². The fraction of sp³-hybridized carbons (Fsp3) is 0.227. The maximum atomic E-state index is 13.1. The van der Waals surface area contributed by atoms with E-state index in [0.29, 0.717) is 28.0 Å². The summed E-state index contributed by atoms with van der Waals surface area (Å²) < 4.78 is 23.7. The molecule has 1 atom stereocenters. The molecule has 0 fully saturated rings. The first-order valence-corrected chi connectivity index (χ1v) is 10.5. The van der Waals surface area contributed by atoms with Crippen LogP contribution in [0.3, 0.4) is 0 Å². The van der Waals surface area contributed by atoms with Crippen LogP contribution in [0.2, 0.25) is 0 Å². The maximum absolute atomic E-state index is 13.1. The molecule has 2 heterocycles. The van der Waals surface area contributed by atoms with Crippen molar-refractivity contribution in [1.29, 1.82) is 0 Å². The Kier molecular flexibility index (Phi) is 5.94. The molecule has 0 saturated carbocycles. The van der Waals surface area contributed by atoms with E-state index in [2.05, 4.69) is 15.3 Å². The zero-order valence-electron chi connectivity index (χ0n) is 16.9. The van der Waals surface area contributed by atoms with Crippen molar-refractivity contribution in [3.63, 3.8) is 0 Å². The smallest absolute Gasteiger partial charge is 0.257 e. The van der Waals surface area contributed by atoms with Gasteiger partial charge in [0.1, 0.15) is 11.6 Å². The average Bonchev–Trinajstić information content (AvgIpc) is 2.77. The third-order valence-electron chi connectivity index (χ3n) is 5.03. The molecule has 2 aromatic carbocycles. The molecule has 2 N–H and O–H groups in total. The summed E-state index contributed by atoms with van der Waals surface area (Å²) in [6, 6.07) is 11.4. The second kappa shape index (κ2) is 8.81. The van der Waals surface area contributed by atoms with Crippen LogP contribution < -0.4 is 20.3 Å². The van der Waals surface area contributed by atoms with Crippen LogP contribution in [0.4, 0.5) is 10.2 Å². The molecule has 0 unspecified atom stereocenters. The van der Waals surface area contributed by atoms with Gasteiger partial charge < -0.3 is 19.8 Å². The third-order valence-corrected chi connectivity index (χ3v) is 5.97. The van der Waals surface area contributed by atoms with E-state index in [4.69, 9.17) is 9.47 Å². The number of H-pyrrole nitrogens is 1. The van der Waals surface area contributed by atoms with Crippen molar-refractivity contribution in [2.75, 3.05) is 19.5 Å². The largest absolute Gasteiger partial charge is 0.493 e. The number of aromatic nitrogens is 2. The van der Waals surface area contributed by atoms with Gasteiger partial charge in [-0.3, -0.25) is 9.59 Å². The van der Waals surface area contributed by atoms with Crippen LogP contribution >= 0.6 is 11.8 Å². The van der Waals surface area contributed by atoms with Crippen molar-refractivity contribution in [2.24, 2.45) is 0 Å². The van der Waals surface area contributed by atoms with E-state index < -0.39 is 5.92 Å². The molecule has 0 spiro atoms. The molecule has 3 aromatic rings. The second-order valence-electron chi connectivity index (χ2n) is 6.97. The first-order chi connectivity index (χ1) is 15.0. The number of hydrogen-bond donors (Lipinski definition) is 2. The quantitative estimate of drug-likeness (QED) is 0.448. The number of nitrogens with one attached hydrogen (secondary N) is 2. The van der Waals surface area contributed by atoms with Crippen molar-refractivity contribution >= 4 is 23.5 Å². The summed E-state index contributed by atoms with van der Waals surface area (Å²) >= 11 is 1.30. The molecule has 31 heavy (non-hydrogen) atoms. The van der Waals surface area contributed by atoms with E-state index in [9.17, 15) is 14.0 Å². The summed E-state index contributed by atoms with van der Waals surface area (Å²) in [4.78, 5) is 32.6.